The second kappa shape index (κ2) is 6.51. The highest BCUT2D eigenvalue weighted by molar-refractivity contribution is 7.99. The third-order valence-corrected chi connectivity index (χ3v) is 3.36. The first-order chi connectivity index (χ1) is 7.64. The molecule has 4 heteroatoms. The van der Waals surface area contributed by atoms with Gasteiger partial charge in [-0.15, -0.1) is 11.8 Å². The Balaban J connectivity index is 2.12. The first kappa shape index (κ1) is 13.0. The van der Waals surface area contributed by atoms with Crippen LogP contribution in [0, 0.1) is 11.3 Å². The molecule has 0 aromatic carbocycles. The predicted octanol–water partition coefficient (Wildman–Crippen LogP) is 2.58. The molecule has 0 amide bonds. The van der Waals surface area contributed by atoms with E-state index in [1.165, 1.54) is 4.90 Å². The van der Waals surface area contributed by atoms with Gasteiger partial charge in [0.2, 0.25) is 0 Å². The van der Waals surface area contributed by atoms with Crippen LogP contribution in [-0.4, -0.2) is 16.3 Å². The second-order valence-corrected chi connectivity index (χ2v) is 5.19. The lowest BCUT2D eigenvalue weighted by atomic mass is 9.99. The van der Waals surface area contributed by atoms with Crippen molar-refractivity contribution in [1.29, 1.82) is 5.26 Å². The molecule has 0 aliphatic heterocycles. The van der Waals surface area contributed by atoms with Crippen LogP contribution >= 0.6 is 11.8 Å². The van der Waals surface area contributed by atoms with Crippen LogP contribution in [0.2, 0.25) is 0 Å². The minimum atomic E-state index is -0.665. The molecule has 86 valence electrons. The van der Waals surface area contributed by atoms with Crippen molar-refractivity contribution >= 4 is 11.8 Å². The standard InChI is InChI=1S/C12H17N3S/c1-12(14,10-13)6-2-3-9-16-11-4-7-15-8-5-11/h4-5,7-8H,2-3,6,9,14H2,1H3. The van der Waals surface area contributed by atoms with Crippen molar-refractivity contribution in [2.45, 2.75) is 36.6 Å². The number of nitrogens with two attached hydrogens (primary N) is 1. The maximum Gasteiger partial charge on any atom is 0.101 e. The van der Waals surface area contributed by atoms with E-state index in [-0.39, 0.29) is 0 Å². The average molecular weight is 235 g/mol. The van der Waals surface area contributed by atoms with Gasteiger partial charge in [-0.05, 0) is 44.1 Å². The molecule has 0 spiro atoms. The minimum Gasteiger partial charge on any atom is -0.314 e. The molecule has 1 aromatic heterocycles. The van der Waals surface area contributed by atoms with Gasteiger partial charge in [0.1, 0.15) is 5.54 Å². The summed E-state index contributed by atoms with van der Waals surface area (Å²) in [6, 6.07) is 6.13. The molecule has 1 aromatic rings. The van der Waals surface area contributed by atoms with Gasteiger partial charge in [0.05, 0.1) is 6.07 Å². The highest BCUT2D eigenvalue weighted by Crippen LogP contribution is 2.19. The summed E-state index contributed by atoms with van der Waals surface area (Å²) in [5, 5.41) is 8.74. The van der Waals surface area contributed by atoms with Gasteiger partial charge < -0.3 is 5.73 Å². The maximum atomic E-state index is 8.74. The fourth-order valence-electron chi connectivity index (χ4n) is 1.27. The number of aromatic nitrogens is 1. The molecule has 0 radical (unpaired) electrons. The number of unbranched alkanes of at least 4 members (excludes halogenated alkanes) is 1. The molecule has 0 aliphatic rings. The molecular weight excluding hydrogens is 218 g/mol. The molecule has 0 fully saturated rings. The van der Waals surface area contributed by atoms with Crippen molar-refractivity contribution in [3.05, 3.63) is 24.5 Å². The first-order valence-electron chi connectivity index (χ1n) is 5.37. The molecule has 0 bridgehead atoms. The molecule has 0 aliphatic carbocycles. The molecule has 0 saturated carbocycles. The molecule has 1 unspecified atom stereocenters. The Hall–Kier alpha value is -1.05. The van der Waals surface area contributed by atoms with Crippen LogP contribution in [-0.2, 0) is 0 Å². The van der Waals surface area contributed by atoms with E-state index < -0.39 is 5.54 Å². The molecule has 0 saturated heterocycles. The lowest BCUT2D eigenvalue weighted by Gasteiger charge is -2.14. The Morgan fingerprint density at radius 2 is 2.12 bits per heavy atom. The van der Waals surface area contributed by atoms with Gasteiger partial charge in [0, 0.05) is 17.3 Å². The molecule has 16 heavy (non-hydrogen) atoms. The van der Waals surface area contributed by atoms with Crippen molar-refractivity contribution in [3.63, 3.8) is 0 Å². The predicted molar refractivity (Wildman–Crippen MR) is 67.0 cm³/mol. The summed E-state index contributed by atoms with van der Waals surface area (Å²) in [5.74, 6) is 1.06. The number of pyridine rings is 1. The van der Waals surface area contributed by atoms with Crippen LogP contribution in [0.4, 0.5) is 0 Å². The Labute approximate surface area is 101 Å². The number of hydrogen-bond donors (Lipinski definition) is 1. The topological polar surface area (TPSA) is 62.7 Å². The normalized spacial score (nSPS) is 14.1. The lowest BCUT2D eigenvalue weighted by Crippen LogP contribution is -2.33. The SMILES string of the molecule is CC(N)(C#N)CCCCSc1ccncc1. The summed E-state index contributed by atoms with van der Waals surface area (Å²) < 4.78 is 0. The number of hydrogen-bond acceptors (Lipinski definition) is 4. The molecule has 2 N–H and O–H groups in total. The zero-order valence-corrected chi connectivity index (χ0v) is 10.3. The van der Waals surface area contributed by atoms with Crippen molar-refractivity contribution in [3.8, 4) is 6.07 Å². The largest absolute Gasteiger partial charge is 0.314 e. The minimum absolute atomic E-state index is 0.665. The summed E-state index contributed by atoms with van der Waals surface area (Å²) in [6.07, 6.45) is 6.45. The van der Waals surface area contributed by atoms with Crippen LogP contribution in [0.25, 0.3) is 0 Å². The zero-order valence-electron chi connectivity index (χ0n) is 9.52. The van der Waals surface area contributed by atoms with E-state index in [0.717, 1.165) is 25.0 Å². The van der Waals surface area contributed by atoms with Gasteiger partial charge in [0.15, 0.2) is 0 Å². The van der Waals surface area contributed by atoms with Crippen LogP contribution < -0.4 is 5.73 Å². The summed E-state index contributed by atoms with van der Waals surface area (Å²) >= 11 is 1.81. The Morgan fingerprint density at radius 3 is 2.75 bits per heavy atom. The first-order valence-corrected chi connectivity index (χ1v) is 6.35. The lowest BCUT2D eigenvalue weighted by molar-refractivity contribution is 0.519. The molecule has 1 rings (SSSR count). The van der Waals surface area contributed by atoms with Gasteiger partial charge in [-0.25, -0.2) is 0 Å². The van der Waals surface area contributed by atoms with Gasteiger partial charge in [-0.2, -0.15) is 5.26 Å². The Morgan fingerprint density at radius 1 is 1.44 bits per heavy atom. The van der Waals surface area contributed by atoms with Gasteiger partial charge in [-0.1, -0.05) is 0 Å². The van der Waals surface area contributed by atoms with Crippen LogP contribution in [0.1, 0.15) is 26.2 Å². The van der Waals surface area contributed by atoms with E-state index in [0.29, 0.717) is 0 Å². The van der Waals surface area contributed by atoms with E-state index in [1.807, 2.05) is 23.9 Å². The maximum absolute atomic E-state index is 8.74. The smallest absolute Gasteiger partial charge is 0.101 e. The Bertz CT molecular complexity index is 343. The molecule has 1 atom stereocenters. The summed E-state index contributed by atoms with van der Waals surface area (Å²) in [4.78, 5) is 5.21. The van der Waals surface area contributed by atoms with E-state index in [1.54, 1.807) is 19.3 Å². The van der Waals surface area contributed by atoms with Gasteiger partial charge >= 0.3 is 0 Å². The van der Waals surface area contributed by atoms with E-state index >= 15 is 0 Å². The van der Waals surface area contributed by atoms with Crippen molar-refractivity contribution in [2.75, 3.05) is 5.75 Å². The fourth-order valence-corrected chi connectivity index (χ4v) is 2.17. The summed E-state index contributed by atoms with van der Waals surface area (Å²) in [5.41, 5.74) is 5.07. The molecular formula is C12H17N3S. The van der Waals surface area contributed by atoms with E-state index in [9.17, 15) is 0 Å². The third kappa shape index (κ3) is 5.15. The van der Waals surface area contributed by atoms with Gasteiger partial charge in [-0.3, -0.25) is 4.98 Å². The van der Waals surface area contributed by atoms with Gasteiger partial charge in [0.25, 0.3) is 0 Å². The van der Waals surface area contributed by atoms with Crippen LogP contribution in [0.5, 0.6) is 0 Å². The van der Waals surface area contributed by atoms with E-state index in [2.05, 4.69) is 11.1 Å². The Kier molecular flexibility index (Phi) is 5.30. The number of thioether (sulfide) groups is 1. The second-order valence-electron chi connectivity index (χ2n) is 4.02. The number of nitrogens with zero attached hydrogens (tertiary/aromatic N) is 2. The van der Waals surface area contributed by atoms with Crippen LogP contribution in [0.3, 0.4) is 0 Å². The average Bonchev–Trinajstić information content (AvgIpc) is 2.30. The van der Waals surface area contributed by atoms with Crippen molar-refractivity contribution < 1.29 is 0 Å². The number of rotatable bonds is 6. The van der Waals surface area contributed by atoms with Crippen molar-refractivity contribution in [1.82, 2.24) is 4.98 Å². The molecule has 3 nitrogen and oxygen atoms in total. The van der Waals surface area contributed by atoms with E-state index in [4.69, 9.17) is 11.0 Å². The summed E-state index contributed by atoms with van der Waals surface area (Å²) in [7, 11) is 0. The van der Waals surface area contributed by atoms with Crippen molar-refractivity contribution in [2.24, 2.45) is 5.73 Å². The number of nitriles is 1. The highest BCUT2D eigenvalue weighted by Gasteiger charge is 2.15. The third-order valence-electron chi connectivity index (χ3n) is 2.26. The zero-order chi connectivity index (χ0) is 11.9. The quantitative estimate of drug-likeness (QED) is 0.608. The highest BCUT2D eigenvalue weighted by atomic mass is 32.2. The van der Waals surface area contributed by atoms with Crippen LogP contribution in [0.15, 0.2) is 29.4 Å². The fraction of sp³-hybridized carbons (Fsp3) is 0.500. The monoisotopic (exact) mass is 235 g/mol. The molecule has 1 heterocycles. The summed E-state index contributed by atoms with van der Waals surface area (Å²) in [6.45, 7) is 1.78.